The van der Waals surface area contributed by atoms with Gasteiger partial charge in [0.2, 0.25) is 0 Å². The molecule has 1 fully saturated rings. The molecule has 1 saturated heterocycles. The second-order valence-electron chi connectivity index (χ2n) is 3.60. The van der Waals surface area contributed by atoms with Gasteiger partial charge in [0.25, 0.3) is 0 Å². The summed E-state index contributed by atoms with van der Waals surface area (Å²) in [4.78, 5) is 2.52. The van der Waals surface area contributed by atoms with Crippen molar-refractivity contribution in [3.8, 4) is 12.3 Å². The molecule has 1 aliphatic heterocycles. The summed E-state index contributed by atoms with van der Waals surface area (Å²) in [5, 5.41) is 3.50. The molecule has 0 aliphatic carbocycles. The van der Waals surface area contributed by atoms with Crippen LogP contribution in [-0.4, -0.2) is 48.6 Å². The maximum Gasteiger partial charge on any atom is 0.0545 e. The minimum atomic E-state index is 0.720. The van der Waals surface area contributed by atoms with Crippen molar-refractivity contribution >= 4 is 11.8 Å². The van der Waals surface area contributed by atoms with Crippen LogP contribution in [0.2, 0.25) is 0 Å². The van der Waals surface area contributed by atoms with Gasteiger partial charge in [-0.05, 0) is 19.5 Å². The predicted octanol–water partition coefficient (Wildman–Crippen LogP) is 1.04. The first kappa shape index (κ1) is 11.9. The zero-order chi connectivity index (χ0) is 10.2. The van der Waals surface area contributed by atoms with Crippen LogP contribution in [0.1, 0.15) is 13.3 Å². The zero-order valence-corrected chi connectivity index (χ0v) is 9.78. The quantitative estimate of drug-likeness (QED) is 0.523. The van der Waals surface area contributed by atoms with Gasteiger partial charge >= 0.3 is 0 Å². The Kier molecular flexibility index (Phi) is 6.09. The van der Waals surface area contributed by atoms with E-state index in [9.17, 15) is 0 Å². The predicted molar refractivity (Wildman–Crippen MR) is 64.7 cm³/mol. The van der Waals surface area contributed by atoms with Gasteiger partial charge in [0.15, 0.2) is 0 Å². The average molecular weight is 212 g/mol. The molecular formula is C11H20N2S. The standard InChI is InChI=1S/C11H20N2S/c1-3-8-14-9-7-13-6-5-11(10-13)12-4-2/h1,11-12H,4-10H2,2H3. The fourth-order valence-electron chi connectivity index (χ4n) is 1.82. The number of nitrogens with one attached hydrogen (secondary N) is 1. The summed E-state index contributed by atoms with van der Waals surface area (Å²) in [6.45, 7) is 6.91. The van der Waals surface area contributed by atoms with Gasteiger partial charge in [-0.2, -0.15) is 0 Å². The lowest BCUT2D eigenvalue weighted by atomic mass is 10.3. The van der Waals surface area contributed by atoms with Crippen LogP contribution in [0.4, 0.5) is 0 Å². The molecule has 1 rings (SSSR count). The van der Waals surface area contributed by atoms with Crippen molar-refractivity contribution in [3.05, 3.63) is 0 Å². The molecule has 80 valence electrons. The van der Waals surface area contributed by atoms with Crippen molar-refractivity contribution in [2.75, 3.05) is 37.7 Å². The second-order valence-corrected chi connectivity index (χ2v) is 4.71. The molecule has 0 aromatic rings. The fourth-order valence-corrected chi connectivity index (χ4v) is 2.47. The molecule has 14 heavy (non-hydrogen) atoms. The topological polar surface area (TPSA) is 15.3 Å². The molecule has 0 amide bonds. The first-order valence-electron chi connectivity index (χ1n) is 5.33. The Bertz CT molecular complexity index is 188. The summed E-state index contributed by atoms with van der Waals surface area (Å²) in [5.41, 5.74) is 0. The van der Waals surface area contributed by atoms with Crippen molar-refractivity contribution in [1.82, 2.24) is 10.2 Å². The molecular weight excluding hydrogens is 192 g/mol. The molecule has 1 unspecified atom stereocenters. The Morgan fingerprint density at radius 3 is 3.21 bits per heavy atom. The third-order valence-corrected chi connectivity index (χ3v) is 3.34. The molecule has 0 radical (unpaired) electrons. The fraction of sp³-hybridized carbons (Fsp3) is 0.818. The van der Waals surface area contributed by atoms with Crippen molar-refractivity contribution in [1.29, 1.82) is 0 Å². The van der Waals surface area contributed by atoms with E-state index in [0.717, 1.165) is 18.3 Å². The maximum absolute atomic E-state index is 5.19. The highest BCUT2D eigenvalue weighted by molar-refractivity contribution is 7.99. The largest absolute Gasteiger partial charge is 0.313 e. The van der Waals surface area contributed by atoms with Crippen LogP contribution in [0.25, 0.3) is 0 Å². The van der Waals surface area contributed by atoms with E-state index >= 15 is 0 Å². The summed E-state index contributed by atoms with van der Waals surface area (Å²) in [5.74, 6) is 4.68. The lowest BCUT2D eigenvalue weighted by molar-refractivity contribution is 0.349. The number of terminal acetylenes is 1. The van der Waals surface area contributed by atoms with Crippen molar-refractivity contribution in [3.63, 3.8) is 0 Å². The lowest BCUT2D eigenvalue weighted by Gasteiger charge is -2.15. The molecule has 0 aromatic heterocycles. The summed E-state index contributed by atoms with van der Waals surface area (Å²) in [6, 6.07) is 0.720. The molecule has 3 heteroatoms. The Morgan fingerprint density at radius 1 is 1.64 bits per heavy atom. The number of thioether (sulfide) groups is 1. The molecule has 1 atom stereocenters. The SMILES string of the molecule is C#CCSCCN1CCC(NCC)C1. The first-order valence-corrected chi connectivity index (χ1v) is 6.49. The van der Waals surface area contributed by atoms with Gasteiger partial charge < -0.3 is 10.2 Å². The summed E-state index contributed by atoms with van der Waals surface area (Å²) in [7, 11) is 0. The van der Waals surface area contributed by atoms with Gasteiger partial charge in [-0.15, -0.1) is 18.2 Å². The monoisotopic (exact) mass is 212 g/mol. The average Bonchev–Trinajstić information content (AvgIpc) is 2.61. The van der Waals surface area contributed by atoms with Gasteiger partial charge in [-0.1, -0.05) is 12.8 Å². The molecule has 0 bridgehead atoms. The molecule has 0 saturated carbocycles. The summed E-state index contributed by atoms with van der Waals surface area (Å²) >= 11 is 1.86. The number of hydrogen-bond acceptors (Lipinski definition) is 3. The molecule has 1 heterocycles. The molecule has 2 nitrogen and oxygen atoms in total. The van der Waals surface area contributed by atoms with E-state index in [1.54, 1.807) is 0 Å². The van der Waals surface area contributed by atoms with E-state index in [0.29, 0.717) is 0 Å². The Labute approximate surface area is 91.8 Å². The first-order chi connectivity index (χ1) is 6.86. The minimum absolute atomic E-state index is 0.720. The highest BCUT2D eigenvalue weighted by Crippen LogP contribution is 2.10. The molecule has 1 N–H and O–H groups in total. The number of likely N-dealkylation sites (tertiary alicyclic amines) is 1. The number of nitrogens with zero attached hydrogens (tertiary/aromatic N) is 1. The van der Waals surface area contributed by atoms with E-state index in [2.05, 4.69) is 23.1 Å². The van der Waals surface area contributed by atoms with Crippen molar-refractivity contribution in [2.24, 2.45) is 0 Å². The van der Waals surface area contributed by atoms with E-state index < -0.39 is 0 Å². The lowest BCUT2D eigenvalue weighted by Crippen LogP contribution is -2.33. The van der Waals surface area contributed by atoms with E-state index in [1.165, 1.54) is 31.8 Å². The smallest absolute Gasteiger partial charge is 0.0545 e. The third-order valence-electron chi connectivity index (χ3n) is 2.50. The van der Waals surface area contributed by atoms with Gasteiger partial charge in [0.1, 0.15) is 0 Å². The van der Waals surface area contributed by atoms with Crippen molar-refractivity contribution in [2.45, 2.75) is 19.4 Å². The van der Waals surface area contributed by atoms with E-state index in [-0.39, 0.29) is 0 Å². The Morgan fingerprint density at radius 2 is 2.50 bits per heavy atom. The maximum atomic E-state index is 5.19. The number of rotatable bonds is 6. The van der Waals surface area contributed by atoms with E-state index in [1.807, 2.05) is 11.8 Å². The van der Waals surface area contributed by atoms with Crippen LogP contribution in [0.3, 0.4) is 0 Å². The van der Waals surface area contributed by atoms with Crippen LogP contribution in [-0.2, 0) is 0 Å². The summed E-state index contributed by atoms with van der Waals surface area (Å²) in [6.07, 6.45) is 6.49. The van der Waals surface area contributed by atoms with Crippen LogP contribution >= 0.6 is 11.8 Å². The highest BCUT2D eigenvalue weighted by atomic mass is 32.2. The molecule has 0 aromatic carbocycles. The van der Waals surface area contributed by atoms with Crippen LogP contribution in [0.15, 0.2) is 0 Å². The molecule has 0 spiro atoms. The number of likely N-dealkylation sites (N-methyl/N-ethyl adjacent to an activating group) is 1. The van der Waals surface area contributed by atoms with E-state index in [4.69, 9.17) is 6.42 Å². The Balaban J connectivity index is 2.02. The minimum Gasteiger partial charge on any atom is -0.313 e. The second kappa shape index (κ2) is 7.17. The molecule has 1 aliphatic rings. The van der Waals surface area contributed by atoms with Gasteiger partial charge in [-0.25, -0.2) is 0 Å². The van der Waals surface area contributed by atoms with Crippen LogP contribution in [0.5, 0.6) is 0 Å². The van der Waals surface area contributed by atoms with Gasteiger partial charge in [0, 0.05) is 24.9 Å². The third kappa shape index (κ3) is 4.36. The summed E-state index contributed by atoms with van der Waals surface area (Å²) < 4.78 is 0. The number of hydrogen-bond donors (Lipinski definition) is 1. The van der Waals surface area contributed by atoms with Gasteiger partial charge in [0.05, 0.1) is 5.75 Å². The Hall–Kier alpha value is -0.170. The van der Waals surface area contributed by atoms with Gasteiger partial charge in [-0.3, -0.25) is 0 Å². The van der Waals surface area contributed by atoms with Crippen LogP contribution < -0.4 is 5.32 Å². The zero-order valence-electron chi connectivity index (χ0n) is 8.96. The van der Waals surface area contributed by atoms with Crippen LogP contribution in [0, 0.1) is 12.3 Å². The highest BCUT2D eigenvalue weighted by Gasteiger charge is 2.20. The van der Waals surface area contributed by atoms with Crippen molar-refractivity contribution < 1.29 is 0 Å². The normalized spacial score (nSPS) is 22.4.